The number of aromatic amines is 1. The van der Waals surface area contributed by atoms with Gasteiger partial charge in [-0.25, -0.2) is 13.4 Å². The lowest BCUT2D eigenvalue weighted by Crippen LogP contribution is -2.27. The number of benzene rings is 1. The Kier molecular flexibility index (Phi) is 4.32. The molecule has 1 aromatic carbocycles. The smallest absolute Gasteiger partial charge is 0.246 e. The highest BCUT2D eigenvalue weighted by Crippen LogP contribution is 2.29. The van der Waals surface area contributed by atoms with Crippen LogP contribution in [0, 0.1) is 0 Å². The van der Waals surface area contributed by atoms with Crippen molar-refractivity contribution in [3.63, 3.8) is 0 Å². The van der Waals surface area contributed by atoms with Crippen LogP contribution in [0.5, 0.6) is 5.75 Å². The Balaban J connectivity index is 2.34. The quantitative estimate of drug-likeness (QED) is 0.914. The number of nitrogens with zero attached hydrogens (tertiary/aromatic N) is 2. The number of nitrogens with one attached hydrogen (secondary N) is 1. The summed E-state index contributed by atoms with van der Waals surface area (Å²) in [5.74, 6) is 0.771. The van der Waals surface area contributed by atoms with Crippen LogP contribution in [-0.4, -0.2) is 36.8 Å². The average molecular weight is 316 g/mol. The van der Waals surface area contributed by atoms with Gasteiger partial charge in [0.05, 0.1) is 13.7 Å². The number of imidazole rings is 1. The number of halogens is 1. The number of hydrogen-bond acceptors (Lipinski definition) is 4. The van der Waals surface area contributed by atoms with Crippen LogP contribution in [0.2, 0.25) is 5.02 Å². The Morgan fingerprint density at radius 1 is 1.45 bits per heavy atom. The summed E-state index contributed by atoms with van der Waals surface area (Å²) in [6, 6.07) is 4.40. The molecule has 0 saturated heterocycles. The van der Waals surface area contributed by atoms with E-state index in [-0.39, 0.29) is 17.2 Å². The van der Waals surface area contributed by atoms with Crippen molar-refractivity contribution in [1.29, 1.82) is 0 Å². The molecular formula is C12H14ClN3O3S. The Hall–Kier alpha value is -1.57. The summed E-state index contributed by atoms with van der Waals surface area (Å²) in [5, 5.41) is 0.412. The number of hydrogen-bond donors (Lipinski definition) is 1. The molecule has 6 nitrogen and oxygen atoms in total. The second-order valence-corrected chi connectivity index (χ2v) is 6.54. The lowest BCUT2D eigenvalue weighted by Gasteiger charge is -2.18. The van der Waals surface area contributed by atoms with Crippen LogP contribution in [0.3, 0.4) is 0 Å². The maximum absolute atomic E-state index is 12.5. The number of H-pyrrole nitrogens is 1. The third-order valence-corrected chi connectivity index (χ3v) is 4.82. The van der Waals surface area contributed by atoms with Crippen LogP contribution < -0.4 is 4.74 Å². The van der Waals surface area contributed by atoms with E-state index in [1.807, 2.05) is 0 Å². The SMILES string of the molecule is COc1cc(Cl)ccc1S(=O)(=O)N(C)Cc1ncc[nH]1. The van der Waals surface area contributed by atoms with E-state index in [4.69, 9.17) is 16.3 Å². The number of sulfonamides is 1. The first kappa shape index (κ1) is 14.8. The number of ether oxygens (including phenoxy) is 1. The summed E-state index contributed by atoms with van der Waals surface area (Å²) in [4.78, 5) is 6.93. The minimum atomic E-state index is -3.68. The molecule has 2 aromatic rings. The van der Waals surface area contributed by atoms with Gasteiger partial charge in [-0.1, -0.05) is 11.6 Å². The van der Waals surface area contributed by atoms with E-state index in [0.29, 0.717) is 10.8 Å². The standard InChI is InChI=1S/C12H14ClN3O3S/c1-16(8-12-14-5-6-15-12)20(17,18)11-4-3-9(13)7-10(11)19-2/h3-7H,8H2,1-2H3,(H,14,15). The number of aromatic nitrogens is 2. The zero-order valence-corrected chi connectivity index (χ0v) is 12.6. The summed E-state index contributed by atoms with van der Waals surface area (Å²) in [6.45, 7) is 0.140. The Morgan fingerprint density at radius 2 is 2.20 bits per heavy atom. The van der Waals surface area contributed by atoms with Crippen LogP contribution in [0.1, 0.15) is 5.82 Å². The van der Waals surface area contributed by atoms with Gasteiger partial charge in [0.15, 0.2) is 0 Å². The molecular weight excluding hydrogens is 302 g/mol. The van der Waals surface area contributed by atoms with E-state index in [0.717, 1.165) is 0 Å². The summed E-state index contributed by atoms with van der Waals surface area (Å²) < 4.78 is 31.3. The Labute approximate surface area is 122 Å². The Bertz CT molecular complexity index is 686. The molecule has 108 valence electrons. The second kappa shape index (κ2) is 5.82. The van der Waals surface area contributed by atoms with E-state index in [9.17, 15) is 8.42 Å². The lowest BCUT2D eigenvalue weighted by atomic mass is 10.3. The van der Waals surface area contributed by atoms with Crippen LogP contribution in [0.4, 0.5) is 0 Å². The zero-order valence-electron chi connectivity index (χ0n) is 11.0. The van der Waals surface area contributed by atoms with Crippen molar-refractivity contribution in [2.45, 2.75) is 11.4 Å². The van der Waals surface area contributed by atoms with Gasteiger partial charge in [-0.2, -0.15) is 4.31 Å². The molecule has 0 saturated carbocycles. The van der Waals surface area contributed by atoms with Crippen molar-refractivity contribution >= 4 is 21.6 Å². The molecule has 1 aromatic heterocycles. The molecule has 0 spiro atoms. The molecule has 0 radical (unpaired) electrons. The molecule has 0 aliphatic rings. The number of methoxy groups -OCH3 is 1. The van der Waals surface area contributed by atoms with E-state index < -0.39 is 10.0 Å². The van der Waals surface area contributed by atoms with Gasteiger partial charge in [0.2, 0.25) is 10.0 Å². The third kappa shape index (κ3) is 2.95. The van der Waals surface area contributed by atoms with Crippen molar-refractivity contribution in [2.24, 2.45) is 0 Å². The van der Waals surface area contributed by atoms with Crippen molar-refractivity contribution in [3.05, 3.63) is 41.4 Å². The fourth-order valence-corrected chi connectivity index (χ4v) is 3.13. The monoisotopic (exact) mass is 315 g/mol. The largest absolute Gasteiger partial charge is 0.495 e. The van der Waals surface area contributed by atoms with Gasteiger partial charge in [0, 0.05) is 30.5 Å². The van der Waals surface area contributed by atoms with E-state index in [2.05, 4.69) is 9.97 Å². The molecule has 1 N–H and O–H groups in total. The molecule has 0 bridgehead atoms. The van der Waals surface area contributed by atoms with Crippen LogP contribution in [0.15, 0.2) is 35.5 Å². The average Bonchev–Trinajstić information content (AvgIpc) is 2.91. The molecule has 0 unspecified atom stereocenters. The molecule has 8 heteroatoms. The first-order valence-corrected chi connectivity index (χ1v) is 7.55. The van der Waals surface area contributed by atoms with Gasteiger partial charge in [-0.05, 0) is 12.1 Å². The first-order chi connectivity index (χ1) is 9.45. The van der Waals surface area contributed by atoms with Gasteiger partial charge >= 0.3 is 0 Å². The summed E-state index contributed by atoms with van der Waals surface area (Å²) in [7, 11) is -0.807. The summed E-state index contributed by atoms with van der Waals surface area (Å²) >= 11 is 5.84. The van der Waals surface area contributed by atoms with Gasteiger partial charge < -0.3 is 9.72 Å². The maximum Gasteiger partial charge on any atom is 0.246 e. The van der Waals surface area contributed by atoms with Crippen LogP contribution in [-0.2, 0) is 16.6 Å². The minimum absolute atomic E-state index is 0.0680. The highest BCUT2D eigenvalue weighted by Gasteiger charge is 2.25. The van der Waals surface area contributed by atoms with Gasteiger partial charge in [-0.15, -0.1) is 0 Å². The van der Waals surface area contributed by atoms with Crippen molar-refractivity contribution in [2.75, 3.05) is 14.2 Å². The number of rotatable bonds is 5. The first-order valence-electron chi connectivity index (χ1n) is 5.73. The van der Waals surface area contributed by atoms with E-state index >= 15 is 0 Å². The minimum Gasteiger partial charge on any atom is -0.495 e. The molecule has 0 atom stereocenters. The van der Waals surface area contributed by atoms with Crippen LogP contribution >= 0.6 is 11.6 Å². The molecule has 0 aliphatic heterocycles. The predicted molar refractivity (Wildman–Crippen MR) is 75.2 cm³/mol. The molecule has 0 amide bonds. The molecule has 0 fully saturated rings. The van der Waals surface area contributed by atoms with Gasteiger partial charge in [0.1, 0.15) is 16.5 Å². The lowest BCUT2D eigenvalue weighted by molar-refractivity contribution is 0.397. The maximum atomic E-state index is 12.5. The van der Waals surface area contributed by atoms with Crippen LogP contribution in [0.25, 0.3) is 0 Å². The normalized spacial score (nSPS) is 11.8. The highest BCUT2D eigenvalue weighted by atomic mass is 35.5. The van der Waals surface area contributed by atoms with E-state index in [1.54, 1.807) is 12.4 Å². The zero-order chi connectivity index (χ0) is 14.8. The molecule has 1 heterocycles. The Morgan fingerprint density at radius 3 is 2.80 bits per heavy atom. The molecule has 0 aliphatic carbocycles. The second-order valence-electron chi connectivity index (χ2n) is 4.09. The highest BCUT2D eigenvalue weighted by molar-refractivity contribution is 7.89. The fourth-order valence-electron chi connectivity index (χ4n) is 1.70. The fraction of sp³-hybridized carbons (Fsp3) is 0.250. The predicted octanol–water partition coefficient (Wildman–Crippen LogP) is 1.89. The summed E-state index contributed by atoms with van der Waals surface area (Å²) in [5.41, 5.74) is 0. The molecule has 20 heavy (non-hydrogen) atoms. The summed E-state index contributed by atoms with van der Waals surface area (Å²) in [6.07, 6.45) is 3.21. The van der Waals surface area contributed by atoms with Gasteiger partial charge in [0.25, 0.3) is 0 Å². The molecule has 2 rings (SSSR count). The van der Waals surface area contributed by atoms with Crippen molar-refractivity contribution in [1.82, 2.24) is 14.3 Å². The van der Waals surface area contributed by atoms with Crippen molar-refractivity contribution in [3.8, 4) is 5.75 Å². The van der Waals surface area contributed by atoms with E-state index in [1.165, 1.54) is 36.7 Å². The van der Waals surface area contributed by atoms with Crippen molar-refractivity contribution < 1.29 is 13.2 Å². The topological polar surface area (TPSA) is 75.3 Å². The third-order valence-electron chi connectivity index (χ3n) is 2.74. The van der Waals surface area contributed by atoms with Gasteiger partial charge in [-0.3, -0.25) is 0 Å².